The molecule has 2 atom stereocenters. The minimum absolute atomic E-state index is 0.0227. The Hall–Kier alpha value is -2.50. The lowest BCUT2D eigenvalue weighted by molar-refractivity contribution is 0.0343. The molecule has 0 bridgehead atoms. The van der Waals surface area contributed by atoms with Crippen LogP contribution in [-0.2, 0) is 4.74 Å². The van der Waals surface area contributed by atoms with Crippen molar-refractivity contribution < 1.29 is 14.3 Å². The van der Waals surface area contributed by atoms with Gasteiger partial charge in [0, 0.05) is 45.6 Å². The Morgan fingerprint density at radius 2 is 1.82 bits per heavy atom. The van der Waals surface area contributed by atoms with Gasteiger partial charge in [0.2, 0.25) is 0 Å². The molecule has 0 amide bonds. The van der Waals surface area contributed by atoms with E-state index in [2.05, 4.69) is 5.32 Å². The lowest BCUT2D eigenvalue weighted by atomic mass is 9.92. The van der Waals surface area contributed by atoms with Gasteiger partial charge in [0.25, 0.3) is 0 Å². The summed E-state index contributed by atoms with van der Waals surface area (Å²) in [5.74, 6) is -0.0175. The summed E-state index contributed by atoms with van der Waals surface area (Å²) in [5, 5.41) is 12.0. The maximum absolute atomic E-state index is 11.9. The minimum Gasteiger partial charge on any atom is -0.360 e. The molecule has 33 heavy (non-hydrogen) atoms. The Balaban J connectivity index is 0.000000238. The number of benzene rings is 2. The van der Waals surface area contributed by atoms with E-state index in [-0.39, 0.29) is 23.7 Å². The van der Waals surface area contributed by atoms with Crippen molar-refractivity contribution in [1.29, 1.82) is 5.41 Å². The summed E-state index contributed by atoms with van der Waals surface area (Å²) < 4.78 is 5.67. The van der Waals surface area contributed by atoms with Gasteiger partial charge in [-0.2, -0.15) is 0 Å². The monoisotopic (exact) mass is 470 g/mol. The maximum Gasteiger partial charge on any atom is 0.166 e. The summed E-state index contributed by atoms with van der Waals surface area (Å²) in [7, 11) is 0. The number of hydrogen-bond acceptors (Lipinski definition) is 5. The number of hydrogen-bond donors (Lipinski definition) is 2. The fourth-order valence-electron chi connectivity index (χ4n) is 3.57. The zero-order valence-corrected chi connectivity index (χ0v) is 20.8. The van der Waals surface area contributed by atoms with E-state index in [4.69, 9.17) is 21.7 Å². The summed E-state index contributed by atoms with van der Waals surface area (Å²) in [6.45, 7) is 8.14. The fourth-order valence-corrected chi connectivity index (χ4v) is 3.74. The highest BCUT2D eigenvalue weighted by Gasteiger charge is 2.18. The van der Waals surface area contributed by atoms with Crippen molar-refractivity contribution in [3.63, 3.8) is 0 Å². The van der Waals surface area contributed by atoms with Crippen LogP contribution in [-0.4, -0.2) is 30.1 Å². The van der Waals surface area contributed by atoms with E-state index in [1.807, 2.05) is 39.0 Å². The van der Waals surface area contributed by atoms with Gasteiger partial charge in [0.05, 0.1) is 0 Å². The fraction of sp³-hybridized carbons (Fsp3) is 0.444. The lowest BCUT2D eigenvalue weighted by Crippen LogP contribution is -2.28. The van der Waals surface area contributed by atoms with Crippen molar-refractivity contribution in [1.82, 2.24) is 0 Å². The first-order chi connectivity index (χ1) is 15.8. The number of carbonyl (C=O) groups excluding carboxylic acids is 2. The van der Waals surface area contributed by atoms with E-state index in [9.17, 15) is 9.59 Å². The van der Waals surface area contributed by atoms with Gasteiger partial charge in [-0.15, -0.1) is 0 Å². The Labute approximate surface area is 202 Å². The summed E-state index contributed by atoms with van der Waals surface area (Å²) in [5.41, 5.74) is 3.50. The third-order valence-electron chi connectivity index (χ3n) is 5.79. The summed E-state index contributed by atoms with van der Waals surface area (Å²) in [6.07, 6.45) is 4.89. The van der Waals surface area contributed by atoms with Crippen LogP contribution in [0.3, 0.4) is 0 Å². The average Bonchev–Trinajstić information content (AvgIpc) is 2.84. The number of halogens is 1. The molecule has 1 fully saturated rings. The summed E-state index contributed by atoms with van der Waals surface area (Å²) in [6, 6.07) is 12.6. The Morgan fingerprint density at radius 3 is 2.39 bits per heavy atom. The summed E-state index contributed by atoms with van der Waals surface area (Å²) in [4.78, 5) is 23.3. The van der Waals surface area contributed by atoms with Crippen LogP contribution in [0, 0.1) is 11.3 Å². The highest BCUT2D eigenvalue weighted by atomic mass is 35.5. The predicted octanol–water partition coefficient (Wildman–Crippen LogP) is 7.17. The predicted molar refractivity (Wildman–Crippen MR) is 136 cm³/mol. The normalized spacial score (nSPS) is 16.2. The molecule has 2 aromatic rings. The zero-order chi connectivity index (χ0) is 24.4. The molecule has 1 heterocycles. The third-order valence-corrected chi connectivity index (χ3v) is 6.02. The van der Waals surface area contributed by atoms with Gasteiger partial charge < -0.3 is 15.5 Å². The highest BCUT2D eigenvalue weighted by Crippen LogP contribution is 2.25. The highest BCUT2D eigenvalue weighted by molar-refractivity contribution is 6.31. The van der Waals surface area contributed by atoms with Crippen molar-refractivity contribution in [2.45, 2.75) is 66.0 Å². The second kappa shape index (κ2) is 13.3. The molecule has 0 saturated carbocycles. The van der Waals surface area contributed by atoms with Gasteiger partial charge in [-0.1, -0.05) is 56.6 Å². The van der Waals surface area contributed by atoms with Gasteiger partial charge in [0.15, 0.2) is 11.6 Å². The molecule has 0 aliphatic carbocycles. The zero-order valence-electron chi connectivity index (χ0n) is 20.0. The quantitative estimate of drug-likeness (QED) is 0.316. The number of Topliss-reactive ketones (excluding diaryl/α,β-unsaturated/α-hetero) is 2. The Bertz CT molecular complexity index is 968. The smallest absolute Gasteiger partial charge is 0.166 e. The molecular formula is C27H35ClN2O3. The van der Waals surface area contributed by atoms with Crippen LogP contribution in [0.5, 0.6) is 0 Å². The van der Waals surface area contributed by atoms with Crippen LogP contribution < -0.4 is 5.32 Å². The number of ether oxygens (including phenoxy) is 1. The lowest BCUT2D eigenvalue weighted by Gasteiger charge is -2.25. The number of ketones is 2. The van der Waals surface area contributed by atoms with E-state index < -0.39 is 0 Å². The van der Waals surface area contributed by atoms with Gasteiger partial charge in [0.1, 0.15) is 6.23 Å². The van der Waals surface area contributed by atoms with E-state index in [0.717, 1.165) is 37.1 Å². The number of nitrogens with one attached hydrogen (secondary N) is 2. The molecule has 0 aromatic heterocycles. The molecule has 0 radical (unpaired) electrons. The molecule has 6 heteroatoms. The van der Waals surface area contributed by atoms with Crippen LogP contribution in [0.2, 0.25) is 5.02 Å². The van der Waals surface area contributed by atoms with E-state index in [1.165, 1.54) is 13.3 Å². The van der Waals surface area contributed by atoms with Crippen molar-refractivity contribution in [2.24, 2.45) is 5.92 Å². The Morgan fingerprint density at radius 1 is 1.12 bits per heavy atom. The summed E-state index contributed by atoms with van der Waals surface area (Å²) >= 11 is 6.00. The third kappa shape index (κ3) is 7.79. The largest absolute Gasteiger partial charge is 0.360 e. The molecule has 5 nitrogen and oxygen atoms in total. The number of anilines is 1. The van der Waals surface area contributed by atoms with Gasteiger partial charge in [-0.25, -0.2) is 0 Å². The minimum atomic E-state index is -0.0535. The average molecular weight is 471 g/mol. The first kappa shape index (κ1) is 26.7. The van der Waals surface area contributed by atoms with Crippen molar-refractivity contribution in [3.8, 4) is 0 Å². The van der Waals surface area contributed by atoms with Gasteiger partial charge >= 0.3 is 0 Å². The molecule has 1 aliphatic rings. The molecule has 3 rings (SSSR count). The second-order valence-corrected chi connectivity index (χ2v) is 8.73. The van der Waals surface area contributed by atoms with Gasteiger partial charge in [-0.3, -0.25) is 9.59 Å². The molecule has 2 unspecified atom stereocenters. The van der Waals surface area contributed by atoms with Crippen LogP contribution in [0.15, 0.2) is 42.5 Å². The van der Waals surface area contributed by atoms with Crippen LogP contribution in [0.1, 0.15) is 86.1 Å². The van der Waals surface area contributed by atoms with Crippen molar-refractivity contribution >= 4 is 34.6 Å². The molecule has 2 aromatic carbocycles. The second-order valence-electron chi connectivity index (χ2n) is 8.30. The molecule has 178 valence electrons. The topological polar surface area (TPSA) is 79.2 Å². The van der Waals surface area contributed by atoms with E-state index in [1.54, 1.807) is 24.3 Å². The van der Waals surface area contributed by atoms with Crippen molar-refractivity contribution in [3.05, 3.63) is 64.2 Å². The Kier molecular flexibility index (Phi) is 10.8. The number of rotatable bonds is 8. The van der Waals surface area contributed by atoms with Crippen LogP contribution >= 0.6 is 11.6 Å². The molecule has 2 N–H and O–H groups in total. The van der Waals surface area contributed by atoms with Gasteiger partial charge in [-0.05, 0) is 57.2 Å². The molecule has 0 spiro atoms. The number of carbonyl (C=O) groups is 2. The molecule has 1 saturated heterocycles. The SMILES string of the molecule is CCC(=N)c1cc(Cl)ccc1NC1CCCCO1.CCC(C)C(=O)c1ccccc1C(C)=O. The van der Waals surface area contributed by atoms with E-state index in [0.29, 0.717) is 28.3 Å². The molecular weight excluding hydrogens is 436 g/mol. The molecule has 1 aliphatic heterocycles. The first-order valence-electron chi connectivity index (χ1n) is 11.7. The maximum atomic E-state index is 11.9. The first-order valence-corrected chi connectivity index (χ1v) is 12.1. The van der Waals surface area contributed by atoms with Crippen molar-refractivity contribution in [2.75, 3.05) is 11.9 Å². The van der Waals surface area contributed by atoms with E-state index >= 15 is 0 Å². The standard InChI is InChI=1S/C14H19ClN2O.C13H16O2/c1-2-12(16)11-9-10(15)6-7-13(11)17-14-5-3-4-8-18-14;1-4-9(2)13(15)12-8-6-5-7-11(12)10(3)14/h6-7,9,14,16-17H,2-5,8H2,1H3;5-9H,4H2,1-3H3. The van der Waals surface area contributed by atoms with Crippen LogP contribution in [0.25, 0.3) is 0 Å². The van der Waals surface area contributed by atoms with Crippen LogP contribution in [0.4, 0.5) is 5.69 Å².